The van der Waals surface area contributed by atoms with Crippen molar-refractivity contribution in [3.63, 3.8) is 0 Å². The van der Waals surface area contributed by atoms with Crippen molar-refractivity contribution in [1.29, 1.82) is 0 Å². The molecule has 1 aromatic rings. The number of aromatic nitrogens is 2. The van der Waals surface area contributed by atoms with Crippen molar-refractivity contribution in [2.45, 2.75) is 39.0 Å². The molecule has 0 spiro atoms. The number of hydrogen-bond donors (Lipinski definition) is 1. The van der Waals surface area contributed by atoms with E-state index >= 15 is 0 Å². The van der Waals surface area contributed by atoms with Gasteiger partial charge in [0.05, 0.1) is 0 Å². The van der Waals surface area contributed by atoms with Gasteiger partial charge in [-0.2, -0.15) is 0 Å². The van der Waals surface area contributed by atoms with E-state index in [0.717, 1.165) is 30.3 Å². The van der Waals surface area contributed by atoms with Gasteiger partial charge in [0.15, 0.2) is 0 Å². The molecule has 0 bridgehead atoms. The summed E-state index contributed by atoms with van der Waals surface area (Å²) in [7, 11) is 0. The van der Waals surface area contributed by atoms with Gasteiger partial charge < -0.3 is 5.32 Å². The van der Waals surface area contributed by atoms with Crippen LogP contribution in [0.4, 0.5) is 5.82 Å². The lowest BCUT2D eigenvalue weighted by molar-refractivity contribution is 0.892. The molecular formula is C11H17N3. The predicted molar refractivity (Wildman–Crippen MR) is 57.5 cm³/mol. The third-order valence-corrected chi connectivity index (χ3v) is 2.37. The molecule has 0 aromatic carbocycles. The van der Waals surface area contributed by atoms with Gasteiger partial charge in [0.25, 0.3) is 0 Å². The summed E-state index contributed by atoms with van der Waals surface area (Å²) in [5.74, 6) is 2.65. The molecule has 14 heavy (non-hydrogen) atoms. The maximum absolute atomic E-state index is 4.51. The smallest absolute Gasteiger partial charge is 0.134 e. The van der Waals surface area contributed by atoms with Crippen LogP contribution in [0.3, 0.4) is 0 Å². The van der Waals surface area contributed by atoms with Crippen LogP contribution in [-0.4, -0.2) is 16.5 Å². The van der Waals surface area contributed by atoms with Gasteiger partial charge in [0, 0.05) is 24.2 Å². The summed E-state index contributed by atoms with van der Waals surface area (Å²) in [6.07, 6.45) is 3.65. The predicted octanol–water partition coefficient (Wildman–Crippen LogP) is 2.48. The fourth-order valence-electron chi connectivity index (χ4n) is 1.46. The molecule has 1 aliphatic carbocycles. The van der Waals surface area contributed by atoms with Gasteiger partial charge in [0.1, 0.15) is 11.6 Å². The molecule has 0 radical (unpaired) electrons. The maximum Gasteiger partial charge on any atom is 0.134 e. The van der Waals surface area contributed by atoms with E-state index in [4.69, 9.17) is 0 Å². The summed E-state index contributed by atoms with van der Waals surface area (Å²) in [5.41, 5.74) is 1.07. The van der Waals surface area contributed by atoms with Crippen LogP contribution >= 0.6 is 0 Å². The molecule has 76 valence electrons. The average molecular weight is 191 g/mol. The summed E-state index contributed by atoms with van der Waals surface area (Å²) in [4.78, 5) is 8.96. The van der Waals surface area contributed by atoms with Crippen LogP contribution in [-0.2, 0) is 0 Å². The molecule has 1 heterocycles. The Morgan fingerprint density at radius 3 is 2.86 bits per heavy atom. The Labute approximate surface area is 85.0 Å². The Balaban J connectivity index is 2.13. The fraction of sp³-hybridized carbons (Fsp3) is 0.636. The second-order valence-electron chi connectivity index (χ2n) is 3.95. The van der Waals surface area contributed by atoms with E-state index in [2.05, 4.69) is 22.2 Å². The second-order valence-corrected chi connectivity index (χ2v) is 3.95. The Morgan fingerprint density at radius 1 is 1.43 bits per heavy atom. The van der Waals surface area contributed by atoms with Crippen LogP contribution in [0.1, 0.15) is 43.6 Å². The van der Waals surface area contributed by atoms with Gasteiger partial charge in [-0.15, -0.1) is 0 Å². The molecule has 1 N–H and O–H groups in total. The largest absolute Gasteiger partial charge is 0.370 e. The Bertz CT molecular complexity index is 318. The van der Waals surface area contributed by atoms with Crippen molar-refractivity contribution in [3.8, 4) is 0 Å². The van der Waals surface area contributed by atoms with E-state index in [1.54, 1.807) is 0 Å². The molecule has 1 aliphatic rings. The summed E-state index contributed by atoms with van der Waals surface area (Å²) in [5, 5.41) is 3.31. The fourth-order valence-corrected chi connectivity index (χ4v) is 1.46. The number of rotatable bonds is 4. The average Bonchev–Trinajstić information content (AvgIpc) is 2.97. The monoisotopic (exact) mass is 191 g/mol. The molecule has 1 fully saturated rings. The third-order valence-electron chi connectivity index (χ3n) is 2.37. The van der Waals surface area contributed by atoms with Gasteiger partial charge in [0.2, 0.25) is 0 Å². The number of nitrogens with one attached hydrogen (secondary N) is 1. The molecule has 3 nitrogen and oxygen atoms in total. The first-order chi connectivity index (χ1) is 6.79. The van der Waals surface area contributed by atoms with Crippen molar-refractivity contribution >= 4 is 5.82 Å². The van der Waals surface area contributed by atoms with Crippen LogP contribution in [0.5, 0.6) is 0 Å². The Kier molecular flexibility index (Phi) is 2.66. The number of anilines is 1. The summed E-state index contributed by atoms with van der Waals surface area (Å²) >= 11 is 0. The lowest BCUT2D eigenvalue weighted by Gasteiger charge is -2.06. The topological polar surface area (TPSA) is 37.8 Å². The van der Waals surface area contributed by atoms with Crippen molar-refractivity contribution in [2.24, 2.45) is 0 Å². The summed E-state index contributed by atoms with van der Waals surface area (Å²) in [6.45, 7) is 5.17. The van der Waals surface area contributed by atoms with E-state index in [1.807, 2.05) is 13.0 Å². The first-order valence-electron chi connectivity index (χ1n) is 5.39. The molecule has 0 unspecified atom stereocenters. The standard InChI is InChI=1S/C11H17N3/c1-3-6-12-10-7-8(2)13-11(14-10)9-4-5-9/h7,9H,3-6H2,1-2H3,(H,12,13,14). The van der Waals surface area contributed by atoms with Gasteiger partial charge in [-0.05, 0) is 26.2 Å². The minimum atomic E-state index is 0.636. The van der Waals surface area contributed by atoms with Crippen molar-refractivity contribution in [1.82, 2.24) is 9.97 Å². The van der Waals surface area contributed by atoms with Gasteiger partial charge in [-0.1, -0.05) is 6.92 Å². The molecule has 0 saturated heterocycles. The number of nitrogens with zero attached hydrogens (tertiary/aromatic N) is 2. The summed E-state index contributed by atoms with van der Waals surface area (Å²) in [6, 6.07) is 2.02. The van der Waals surface area contributed by atoms with E-state index in [1.165, 1.54) is 12.8 Å². The minimum Gasteiger partial charge on any atom is -0.370 e. The normalized spacial score (nSPS) is 15.6. The molecule has 1 aromatic heterocycles. The second kappa shape index (κ2) is 3.95. The highest BCUT2D eigenvalue weighted by atomic mass is 15.0. The number of hydrogen-bond acceptors (Lipinski definition) is 3. The van der Waals surface area contributed by atoms with E-state index in [-0.39, 0.29) is 0 Å². The minimum absolute atomic E-state index is 0.636. The molecule has 0 aliphatic heterocycles. The van der Waals surface area contributed by atoms with Crippen molar-refractivity contribution in [2.75, 3.05) is 11.9 Å². The lowest BCUT2D eigenvalue weighted by Crippen LogP contribution is -2.05. The van der Waals surface area contributed by atoms with Crippen LogP contribution in [0.25, 0.3) is 0 Å². The highest BCUT2D eigenvalue weighted by Gasteiger charge is 2.26. The molecule has 0 amide bonds. The van der Waals surface area contributed by atoms with Crippen molar-refractivity contribution < 1.29 is 0 Å². The molecule has 3 heteroatoms. The van der Waals surface area contributed by atoms with Crippen LogP contribution in [0, 0.1) is 6.92 Å². The molecule has 0 atom stereocenters. The Morgan fingerprint density at radius 2 is 2.21 bits per heavy atom. The quantitative estimate of drug-likeness (QED) is 0.794. The SMILES string of the molecule is CCCNc1cc(C)nc(C2CC2)n1. The van der Waals surface area contributed by atoms with Gasteiger partial charge in [-0.25, -0.2) is 9.97 Å². The van der Waals surface area contributed by atoms with Crippen LogP contribution in [0.15, 0.2) is 6.07 Å². The zero-order valence-electron chi connectivity index (χ0n) is 8.88. The first-order valence-corrected chi connectivity index (χ1v) is 5.39. The molecule has 2 rings (SSSR count). The molecule has 1 saturated carbocycles. The van der Waals surface area contributed by atoms with Gasteiger partial charge >= 0.3 is 0 Å². The van der Waals surface area contributed by atoms with E-state index in [9.17, 15) is 0 Å². The van der Waals surface area contributed by atoms with Crippen LogP contribution < -0.4 is 5.32 Å². The first kappa shape index (κ1) is 9.44. The number of aryl methyl sites for hydroxylation is 1. The van der Waals surface area contributed by atoms with Gasteiger partial charge in [-0.3, -0.25) is 0 Å². The van der Waals surface area contributed by atoms with Crippen molar-refractivity contribution in [3.05, 3.63) is 17.6 Å². The molecular weight excluding hydrogens is 174 g/mol. The highest BCUT2D eigenvalue weighted by Crippen LogP contribution is 2.38. The Hall–Kier alpha value is -1.12. The maximum atomic E-state index is 4.51. The zero-order valence-corrected chi connectivity index (χ0v) is 8.88. The zero-order chi connectivity index (χ0) is 9.97. The van der Waals surface area contributed by atoms with E-state index < -0.39 is 0 Å². The lowest BCUT2D eigenvalue weighted by atomic mass is 10.3. The van der Waals surface area contributed by atoms with Crippen LogP contribution in [0.2, 0.25) is 0 Å². The summed E-state index contributed by atoms with van der Waals surface area (Å²) < 4.78 is 0. The van der Waals surface area contributed by atoms with E-state index in [0.29, 0.717) is 5.92 Å². The highest BCUT2D eigenvalue weighted by molar-refractivity contribution is 5.36. The third kappa shape index (κ3) is 2.22.